The first-order valence-electron chi connectivity index (χ1n) is 8.41. The van der Waals surface area contributed by atoms with Gasteiger partial charge < -0.3 is 14.7 Å². The van der Waals surface area contributed by atoms with Crippen LogP contribution in [0.4, 0.5) is 0 Å². The molecule has 4 nitrogen and oxygen atoms in total. The summed E-state index contributed by atoms with van der Waals surface area (Å²) in [6, 6.07) is 9.73. The molecule has 0 aliphatic rings. The van der Waals surface area contributed by atoms with Crippen LogP contribution in [0.15, 0.2) is 30.3 Å². The summed E-state index contributed by atoms with van der Waals surface area (Å²) in [6.45, 7) is 9.37. The minimum Gasteiger partial charge on any atom is -0.508 e. The van der Waals surface area contributed by atoms with E-state index in [9.17, 15) is 14.6 Å². The Morgan fingerprint density at radius 3 is 2.40 bits per heavy atom. The first-order valence-corrected chi connectivity index (χ1v) is 10.7. The maximum absolute atomic E-state index is 11.4. The number of aromatic hydroxyl groups is 1. The van der Waals surface area contributed by atoms with Crippen LogP contribution in [0.25, 0.3) is 0 Å². The van der Waals surface area contributed by atoms with E-state index >= 15 is 0 Å². The third-order valence-electron chi connectivity index (χ3n) is 4.20. The molecule has 0 radical (unpaired) electrons. The lowest BCUT2D eigenvalue weighted by Gasteiger charge is -2.15. The molecule has 0 aliphatic carbocycles. The van der Waals surface area contributed by atoms with E-state index in [2.05, 4.69) is 26.0 Å². The first-order chi connectivity index (χ1) is 11.6. The molecule has 0 fully saturated rings. The highest BCUT2D eigenvalue weighted by Gasteiger charge is 2.14. The molecule has 2 rings (SSSR count). The highest BCUT2D eigenvalue weighted by Crippen LogP contribution is 2.36. The molecule has 0 bridgehead atoms. The molecule has 1 unspecified atom stereocenters. The lowest BCUT2D eigenvalue weighted by atomic mass is 9.94. The maximum Gasteiger partial charge on any atom is 0.233 e. The lowest BCUT2D eigenvalue weighted by Crippen LogP contribution is -2.02. The Morgan fingerprint density at radius 2 is 1.80 bits per heavy atom. The van der Waals surface area contributed by atoms with Crippen molar-refractivity contribution in [3.63, 3.8) is 0 Å². The highest BCUT2D eigenvalue weighted by atomic mass is 31.2. The molecule has 0 spiro atoms. The van der Waals surface area contributed by atoms with Crippen molar-refractivity contribution in [3.05, 3.63) is 58.1 Å². The fourth-order valence-corrected chi connectivity index (χ4v) is 3.16. The first kappa shape index (κ1) is 19.6. The fourth-order valence-electron chi connectivity index (χ4n) is 2.78. The van der Waals surface area contributed by atoms with E-state index in [0.29, 0.717) is 11.5 Å². The number of phenolic OH excluding ortho intramolecular Hbond substituents is 1. The van der Waals surface area contributed by atoms with Crippen molar-refractivity contribution in [3.8, 4) is 11.5 Å². The van der Waals surface area contributed by atoms with Gasteiger partial charge in [0.05, 0.1) is 0 Å². The summed E-state index contributed by atoms with van der Waals surface area (Å²) in [7, 11) is -3.20. The van der Waals surface area contributed by atoms with E-state index in [1.165, 1.54) is 12.2 Å². The van der Waals surface area contributed by atoms with Gasteiger partial charge in [0.25, 0.3) is 0 Å². The van der Waals surface area contributed by atoms with Crippen LogP contribution in [0.2, 0.25) is 0 Å². The van der Waals surface area contributed by atoms with E-state index in [-0.39, 0.29) is 12.3 Å². The Morgan fingerprint density at radius 1 is 1.12 bits per heavy atom. The Labute approximate surface area is 149 Å². The van der Waals surface area contributed by atoms with Crippen LogP contribution >= 0.6 is 7.37 Å². The average Bonchev–Trinajstić information content (AvgIpc) is 2.50. The standard InChI is InChI=1S/C20H27O4P/c1-13(2)18-11-16(6-7-19(18)21)10-17-8-15(4)20(9-14(17)3)24-12-25(5,22)23/h6-9,11,13,21H,10,12H2,1-5H3,(H,22,23). The number of benzene rings is 2. The zero-order chi connectivity index (χ0) is 18.8. The number of hydrogen-bond donors (Lipinski definition) is 2. The van der Waals surface area contributed by atoms with Crippen molar-refractivity contribution >= 4 is 7.37 Å². The number of phenols is 1. The van der Waals surface area contributed by atoms with Crippen molar-refractivity contribution in [2.45, 2.75) is 40.0 Å². The molecule has 1 atom stereocenters. The monoisotopic (exact) mass is 362 g/mol. The zero-order valence-electron chi connectivity index (χ0n) is 15.5. The summed E-state index contributed by atoms with van der Waals surface area (Å²) in [6.07, 6.45) is 0.585. The van der Waals surface area contributed by atoms with Crippen molar-refractivity contribution in [1.29, 1.82) is 0 Å². The molecule has 0 aliphatic heterocycles. The van der Waals surface area contributed by atoms with Gasteiger partial charge in [-0.3, -0.25) is 4.57 Å². The van der Waals surface area contributed by atoms with Crippen molar-refractivity contribution in [2.24, 2.45) is 0 Å². The predicted molar refractivity (Wildman–Crippen MR) is 102 cm³/mol. The van der Waals surface area contributed by atoms with Gasteiger partial charge >= 0.3 is 0 Å². The van der Waals surface area contributed by atoms with E-state index in [4.69, 9.17) is 4.74 Å². The second-order valence-electron chi connectivity index (χ2n) is 7.09. The topological polar surface area (TPSA) is 66.8 Å². The molecule has 2 N–H and O–H groups in total. The van der Waals surface area contributed by atoms with Crippen LogP contribution in [0.5, 0.6) is 11.5 Å². The minimum atomic E-state index is -3.20. The summed E-state index contributed by atoms with van der Waals surface area (Å²) in [5.41, 5.74) is 5.29. The van der Waals surface area contributed by atoms with Crippen LogP contribution in [-0.4, -0.2) is 23.0 Å². The van der Waals surface area contributed by atoms with Crippen LogP contribution in [0.3, 0.4) is 0 Å². The number of ether oxygens (including phenoxy) is 1. The van der Waals surface area contributed by atoms with Gasteiger partial charge in [-0.1, -0.05) is 32.0 Å². The van der Waals surface area contributed by atoms with Gasteiger partial charge in [-0.2, -0.15) is 0 Å². The van der Waals surface area contributed by atoms with Gasteiger partial charge in [0.1, 0.15) is 11.5 Å². The average molecular weight is 362 g/mol. The van der Waals surface area contributed by atoms with Gasteiger partial charge in [0.2, 0.25) is 7.37 Å². The number of rotatable bonds is 6. The Bertz CT molecular complexity index is 806. The molecule has 2 aromatic rings. The van der Waals surface area contributed by atoms with Gasteiger partial charge in [0, 0.05) is 6.66 Å². The van der Waals surface area contributed by atoms with E-state index in [1.807, 2.05) is 26.0 Å². The lowest BCUT2D eigenvalue weighted by molar-refractivity contribution is 0.350. The van der Waals surface area contributed by atoms with Gasteiger partial charge in [-0.25, -0.2) is 0 Å². The summed E-state index contributed by atoms with van der Waals surface area (Å²) >= 11 is 0. The summed E-state index contributed by atoms with van der Waals surface area (Å²) < 4.78 is 16.9. The third kappa shape index (κ3) is 5.35. The number of hydrogen-bond acceptors (Lipinski definition) is 3. The molecule has 136 valence electrons. The van der Waals surface area contributed by atoms with E-state index in [0.717, 1.165) is 28.7 Å². The Kier molecular flexibility index (Phi) is 5.97. The Balaban J connectivity index is 2.25. The zero-order valence-corrected chi connectivity index (χ0v) is 16.4. The minimum absolute atomic E-state index is 0.178. The van der Waals surface area contributed by atoms with Crippen molar-refractivity contribution in [1.82, 2.24) is 0 Å². The SMILES string of the molecule is Cc1cc(OCP(C)(=O)O)c(C)cc1Cc1ccc(O)c(C(C)C)c1. The van der Waals surface area contributed by atoms with Crippen LogP contribution in [0, 0.1) is 13.8 Å². The summed E-state index contributed by atoms with van der Waals surface area (Å²) in [4.78, 5) is 9.39. The molecule has 0 saturated heterocycles. The van der Waals surface area contributed by atoms with E-state index in [1.54, 1.807) is 6.07 Å². The maximum atomic E-state index is 11.4. The molecule has 0 aromatic heterocycles. The van der Waals surface area contributed by atoms with Crippen LogP contribution < -0.4 is 4.74 Å². The highest BCUT2D eigenvalue weighted by molar-refractivity contribution is 7.56. The van der Waals surface area contributed by atoms with Gasteiger partial charge in [0.15, 0.2) is 6.35 Å². The van der Waals surface area contributed by atoms with Crippen molar-refractivity contribution < 1.29 is 19.3 Å². The molecule has 0 amide bonds. The quantitative estimate of drug-likeness (QED) is 0.713. The predicted octanol–water partition coefficient (Wildman–Crippen LogP) is 4.96. The molecule has 2 aromatic carbocycles. The molecule has 0 saturated carbocycles. The van der Waals surface area contributed by atoms with Gasteiger partial charge in [-0.15, -0.1) is 0 Å². The van der Waals surface area contributed by atoms with Gasteiger partial charge in [-0.05, 0) is 66.1 Å². The Hall–Kier alpha value is -1.77. The van der Waals surface area contributed by atoms with Crippen molar-refractivity contribution in [2.75, 3.05) is 13.0 Å². The molecular formula is C20H27O4P. The number of aryl methyl sites for hydroxylation is 2. The third-order valence-corrected chi connectivity index (χ3v) is 4.81. The molecular weight excluding hydrogens is 335 g/mol. The van der Waals surface area contributed by atoms with E-state index < -0.39 is 7.37 Å². The molecule has 0 heterocycles. The molecule has 5 heteroatoms. The second kappa shape index (κ2) is 7.63. The summed E-state index contributed by atoms with van der Waals surface area (Å²) in [5, 5.41) is 9.97. The fraction of sp³-hybridized carbons (Fsp3) is 0.400. The smallest absolute Gasteiger partial charge is 0.233 e. The largest absolute Gasteiger partial charge is 0.508 e. The molecule has 25 heavy (non-hydrogen) atoms. The van der Waals surface area contributed by atoms with Crippen LogP contribution in [0.1, 0.15) is 47.6 Å². The normalized spacial score (nSPS) is 13.7. The van der Waals surface area contributed by atoms with Crippen LogP contribution in [-0.2, 0) is 11.0 Å². The summed E-state index contributed by atoms with van der Waals surface area (Å²) in [5.74, 6) is 1.25. The second-order valence-corrected chi connectivity index (χ2v) is 9.45.